The number of hydrogen-bond donors (Lipinski definition) is 3. The summed E-state index contributed by atoms with van der Waals surface area (Å²) in [6.07, 6.45) is 1.26. The summed E-state index contributed by atoms with van der Waals surface area (Å²) in [5.41, 5.74) is 2.42. The van der Waals surface area contributed by atoms with Crippen molar-refractivity contribution in [3.8, 4) is 0 Å². The second kappa shape index (κ2) is 4.33. The van der Waals surface area contributed by atoms with Gasteiger partial charge < -0.3 is 0 Å². The minimum absolute atomic E-state index is 0.0688. The van der Waals surface area contributed by atoms with Gasteiger partial charge in [0, 0.05) is 5.56 Å². The van der Waals surface area contributed by atoms with E-state index < -0.39 is 17.7 Å². The quantitative estimate of drug-likeness (QED) is 0.529. The Kier molecular flexibility index (Phi) is 2.88. The molecule has 0 aliphatic carbocycles. The molecule has 0 bridgehead atoms. The maximum absolute atomic E-state index is 13.5. The molecule has 5 nitrogen and oxygen atoms in total. The van der Waals surface area contributed by atoms with E-state index in [1.807, 2.05) is 0 Å². The van der Waals surface area contributed by atoms with Crippen molar-refractivity contribution in [3.63, 3.8) is 0 Å². The van der Waals surface area contributed by atoms with E-state index >= 15 is 0 Å². The molecule has 16 heavy (non-hydrogen) atoms. The van der Waals surface area contributed by atoms with Crippen LogP contribution < -0.4 is 11.3 Å². The van der Waals surface area contributed by atoms with Gasteiger partial charge in [-0.3, -0.25) is 10.9 Å². The first kappa shape index (κ1) is 10.7. The number of H-pyrrole nitrogens is 1. The number of benzene rings is 1. The number of nitrogens with two attached hydrogens (primary N) is 1. The number of nitrogens with one attached hydrogen (secondary N) is 2. The standard InChI is InChI=1S/C9H9F2N5/c10-6-3-1-2-5(7(6)11)8(15-12)9-13-4-14-16-9/h1-4,8,15H,12H2,(H,13,14,16). The third kappa shape index (κ3) is 1.77. The molecule has 1 heterocycles. The molecule has 0 spiro atoms. The van der Waals surface area contributed by atoms with Crippen molar-refractivity contribution in [3.05, 3.63) is 47.5 Å². The molecule has 1 atom stereocenters. The molecule has 1 unspecified atom stereocenters. The van der Waals surface area contributed by atoms with Crippen LogP contribution in [0.15, 0.2) is 24.5 Å². The molecule has 1 aromatic heterocycles. The van der Waals surface area contributed by atoms with Gasteiger partial charge in [-0.15, -0.1) is 0 Å². The Hall–Kier alpha value is -1.86. The summed E-state index contributed by atoms with van der Waals surface area (Å²) in [6, 6.07) is 3.09. The zero-order chi connectivity index (χ0) is 11.5. The first-order valence-corrected chi connectivity index (χ1v) is 4.49. The molecular weight excluding hydrogens is 216 g/mol. The maximum Gasteiger partial charge on any atom is 0.164 e. The molecule has 0 aliphatic rings. The Morgan fingerprint density at radius 3 is 2.81 bits per heavy atom. The van der Waals surface area contributed by atoms with E-state index in [1.54, 1.807) is 0 Å². The number of hydrogen-bond acceptors (Lipinski definition) is 4. The fourth-order valence-corrected chi connectivity index (χ4v) is 1.41. The largest absolute Gasteiger partial charge is 0.270 e. The zero-order valence-corrected chi connectivity index (χ0v) is 8.11. The minimum atomic E-state index is -0.957. The molecule has 0 fully saturated rings. The van der Waals surface area contributed by atoms with E-state index in [0.29, 0.717) is 5.82 Å². The molecule has 0 saturated carbocycles. The normalized spacial score (nSPS) is 12.7. The molecule has 2 aromatic rings. The Balaban J connectivity index is 2.45. The highest BCUT2D eigenvalue weighted by Crippen LogP contribution is 2.22. The highest BCUT2D eigenvalue weighted by atomic mass is 19.2. The number of halogens is 2. The van der Waals surface area contributed by atoms with Crippen molar-refractivity contribution in [2.45, 2.75) is 6.04 Å². The van der Waals surface area contributed by atoms with Crippen molar-refractivity contribution in [1.82, 2.24) is 20.6 Å². The van der Waals surface area contributed by atoms with E-state index in [2.05, 4.69) is 20.6 Å². The molecule has 0 saturated heterocycles. The third-order valence-electron chi connectivity index (χ3n) is 2.17. The van der Waals surface area contributed by atoms with Crippen LogP contribution in [0.25, 0.3) is 0 Å². The van der Waals surface area contributed by atoms with Crippen LogP contribution in [0.2, 0.25) is 0 Å². The van der Waals surface area contributed by atoms with Gasteiger partial charge in [0.05, 0.1) is 0 Å². The number of hydrazine groups is 1. The fraction of sp³-hybridized carbons (Fsp3) is 0.111. The van der Waals surface area contributed by atoms with E-state index in [4.69, 9.17) is 5.84 Å². The van der Waals surface area contributed by atoms with Crippen LogP contribution >= 0.6 is 0 Å². The van der Waals surface area contributed by atoms with Crippen molar-refractivity contribution >= 4 is 0 Å². The van der Waals surface area contributed by atoms with Gasteiger partial charge in [0.1, 0.15) is 18.2 Å². The SMILES string of the molecule is NNC(c1ncn[nH]1)c1cccc(F)c1F. The lowest BCUT2D eigenvalue weighted by Crippen LogP contribution is -2.30. The average molecular weight is 225 g/mol. The predicted octanol–water partition coefficient (Wildman–Crippen LogP) is 0.636. The van der Waals surface area contributed by atoms with Crippen molar-refractivity contribution in [2.24, 2.45) is 5.84 Å². The molecule has 84 valence electrons. The van der Waals surface area contributed by atoms with Gasteiger partial charge in [-0.25, -0.2) is 19.2 Å². The van der Waals surface area contributed by atoms with Crippen LogP contribution in [0.3, 0.4) is 0 Å². The summed E-state index contributed by atoms with van der Waals surface area (Å²) in [7, 11) is 0. The Labute approximate surface area is 89.7 Å². The van der Waals surface area contributed by atoms with Gasteiger partial charge in [-0.2, -0.15) is 5.10 Å². The van der Waals surface area contributed by atoms with Crippen LogP contribution in [0.4, 0.5) is 8.78 Å². The van der Waals surface area contributed by atoms with Gasteiger partial charge in [0.15, 0.2) is 11.6 Å². The summed E-state index contributed by atoms with van der Waals surface area (Å²) in [4.78, 5) is 3.84. The fourth-order valence-electron chi connectivity index (χ4n) is 1.41. The Morgan fingerprint density at radius 1 is 1.38 bits per heavy atom. The maximum atomic E-state index is 13.5. The van der Waals surface area contributed by atoms with E-state index in [9.17, 15) is 8.78 Å². The highest BCUT2D eigenvalue weighted by Gasteiger charge is 2.20. The van der Waals surface area contributed by atoms with Crippen LogP contribution in [0.5, 0.6) is 0 Å². The lowest BCUT2D eigenvalue weighted by Gasteiger charge is -2.14. The molecule has 0 aliphatic heterocycles. The topological polar surface area (TPSA) is 79.6 Å². The van der Waals surface area contributed by atoms with Crippen molar-refractivity contribution in [1.29, 1.82) is 0 Å². The first-order valence-electron chi connectivity index (χ1n) is 4.49. The number of aromatic nitrogens is 3. The van der Waals surface area contributed by atoms with Crippen LogP contribution in [-0.2, 0) is 0 Å². The van der Waals surface area contributed by atoms with Gasteiger partial charge in [-0.1, -0.05) is 12.1 Å². The molecule has 0 amide bonds. The molecule has 2 rings (SSSR count). The lowest BCUT2D eigenvalue weighted by atomic mass is 10.1. The molecular formula is C9H9F2N5. The van der Waals surface area contributed by atoms with Crippen LogP contribution in [0.1, 0.15) is 17.4 Å². The summed E-state index contributed by atoms with van der Waals surface area (Å²) in [5, 5.41) is 6.16. The Morgan fingerprint density at radius 2 is 2.19 bits per heavy atom. The zero-order valence-electron chi connectivity index (χ0n) is 8.11. The second-order valence-electron chi connectivity index (χ2n) is 3.11. The second-order valence-corrected chi connectivity index (χ2v) is 3.11. The van der Waals surface area contributed by atoms with E-state index in [-0.39, 0.29) is 5.56 Å². The summed E-state index contributed by atoms with van der Waals surface area (Å²) in [6.45, 7) is 0. The molecule has 1 aromatic carbocycles. The smallest absolute Gasteiger partial charge is 0.164 e. The first-order chi connectivity index (χ1) is 7.74. The van der Waals surface area contributed by atoms with Crippen LogP contribution in [0, 0.1) is 11.6 Å². The summed E-state index contributed by atoms with van der Waals surface area (Å²) in [5.74, 6) is 3.71. The van der Waals surface area contributed by atoms with Gasteiger partial charge in [0.25, 0.3) is 0 Å². The van der Waals surface area contributed by atoms with Gasteiger partial charge >= 0.3 is 0 Å². The summed E-state index contributed by atoms with van der Waals surface area (Å²) >= 11 is 0. The molecule has 7 heteroatoms. The van der Waals surface area contributed by atoms with Crippen molar-refractivity contribution in [2.75, 3.05) is 0 Å². The highest BCUT2D eigenvalue weighted by molar-refractivity contribution is 5.26. The number of rotatable bonds is 3. The lowest BCUT2D eigenvalue weighted by molar-refractivity contribution is 0.478. The summed E-state index contributed by atoms with van der Waals surface area (Å²) < 4.78 is 26.5. The third-order valence-corrected chi connectivity index (χ3v) is 2.17. The minimum Gasteiger partial charge on any atom is -0.270 e. The predicted molar refractivity (Wildman–Crippen MR) is 51.9 cm³/mol. The van der Waals surface area contributed by atoms with E-state index in [0.717, 1.165) is 6.07 Å². The van der Waals surface area contributed by atoms with Gasteiger partial charge in [0.2, 0.25) is 0 Å². The molecule has 4 N–H and O–H groups in total. The number of aromatic amines is 1. The monoisotopic (exact) mass is 225 g/mol. The van der Waals surface area contributed by atoms with Crippen LogP contribution in [-0.4, -0.2) is 15.2 Å². The van der Waals surface area contributed by atoms with Crippen molar-refractivity contribution < 1.29 is 8.78 Å². The Bertz CT molecular complexity index is 471. The number of nitrogens with zero attached hydrogens (tertiary/aromatic N) is 2. The van der Waals surface area contributed by atoms with Gasteiger partial charge in [-0.05, 0) is 6.07 Å². The average Bonchev–Trinajstić information content (AvgIpc) is 2.79. The van der Waals surface area contributed by atoms with E-state index in [1.165, 1.54) is 18.5 Å². The molecule has 0 radical (unpaired) electrons.